The largest absolute Gasteiger partial charge is 0.481 e. The summed E-state index contributed by atoms with van der Waals surface area (Å²) in [6.07, 6.45) is 0.236. The maximum atomic E-state index is 11.8. The normalized spacial score (nSPS) is 20.2. The van der Waals surface area contributed by atoms with Crippen molar-refractivity contribution < 1.29 is 24.6 Å². The summed E-state index contributed by atoms with van der Waals surface area (Å²) in [5.41, 5.74) is 0. The average molecular weight is 276 g/mol. The van der Waals surface area contributed by atoms with E-state index < -0.39 is 30.4 Å². The van der Waals surface area contributed by atoms with E-state index in [4.69, 9.17) is 10.2 Å². The first kappa shape index (κ1) is 14.6. The van der Waals surface area contributed by atoms with Crippen LogP contribution in [0.3, 0.4) is 0 Å². The van der Waals surface area contributed by atoms with Crippen molar-refractivity contribution >= 4 is 29.7 Å². The molecule has 0 aromatic rings. The number of thioether (sulfide) groups is 1. The van der Waals surface area contributed by atoms with Gasteiger partial charge in [-0.15, -0.1) is 0 Å². The van der Waals surface area contributed by atoms with Gasteiger partial charge >= 0.3 is 18.0 Å². The lowest BCUT2D eigenvalue weighted by Gasteiger charge is -2.25. The molecule has 102 valence electrons. The summed E-state index contributed by atoms with van der Waals surface area (Å²) in [4.78, 5) is 34.5. The molecule has 2 atom stereocenters. The summed E-state index contributed by atoms with van der Waals surface area (Å²) in [7, 11) is 1.59. The number of nitrogens with one attached hydrogen (secondary N) is 1. The van der Waals surface area contributed by atoms with Gasteiger partial charge in [-0.1, -0.05) is 0 Å². The zero-order valence-electron chi connectivity index (χ0n) is 9.96. The van der Waals surface area contributed by atoms with Gasteiger partial charge in [-0.2, -0.15) is 11.8 Å². The van der Waals surface area contributed by atoms with E-state index in [1.807, 2.05) is 0 Å². The maximum Gasteiger partial charge on any atom is 0.326 e. The quantitative estimate of drug-likeness (QED) is 0.655. The molecule has 0 spiro atoms. The van der Waals surface area contributed by atoms with Gasteiger partial charge in [0.05, 0.1) is 6.42 Å². The molecule has 0 aromatic carbocycles. The molecule has 1 heterocycles. The zero-order chi connectivity index (χ0) is 13.7. The minimum atomic E-state index is -1.40. The van der Waals surface area contributed by atoms with Gasteiger partial charge < -0.3 is 20.4 Å². The highest BCUT2D eigenvalue weighted by molar-refractivity contribution is 7.99. The van der Waals surface area contributed by atoms with Crippen LogP contribution in [0, 0.1) is 0 Å². The molecule has 0 saturated carbocycles. The van der Waals surface area contributed by atoms with Gasteiger partial charge in [0, 0.05) is 18.8 Å². The lowest BCUT2D eigenvalue weighted by atomic mass is 10.2. The third kappa shape index (κ3) is 4.10. The first-order valence-electron chi connectivity index (χ1n) is 5.47. The molecule has 8 heteroatoms. The van der Waals surface area contributed by atoms with Crippen LogP contribution in [-0.4, -0.2) is 63.7 Å². The van der Waals surface area contributed by atoms with Crippen molar-refractivity contribution in [3.8, 4) is 0 Å². The molecule has 0 aliphatic carbocycles. The van der Waals surface area contributed by atoms with Crippen LogP contribution in [0.15, 0.2) is 0 Å². The summed E-state index contributed by atoms with van der Waals surface area (Å²) in [5.74, 6) is -0.817. The number of rotatable bonds is 5. The number of nitrogens with zero attached hydrogens (tertiary/aromatic N) is 1. The van der Waals surface area contributed by atoms with Gasteiger partial charge in [0.2, 0.25) is 0 Å². The minimum absolute atomic E-state index is 0.0780. The van der Waals surface area contributed by atoms with Crippen molar-refractivity contribution in [2.24, 2.45) is 0 Å². The fourth-order valence-corrected chi connectivity index (χ4v) is 2.89. The van der Waals surface area contributed by atoms with Crippen LogP contribution in [0.2, 0.25) is 0 Å². The van der Waals surface area contributed by atoms with Crippen molar-refractivity contribution in [3.63, 3.8) is 0 Å². The van der Waals surface area contributed by atoms with Crippen molar-refractivity contribution in [2.75, 3.05) is 18.6 Å². The fourth-order valence-electron chi connectivity index (χ4n) is 1.62. The van der Waals surface area contributed by atoms with Crippen molar-refractivity contribution in [3.05, 3.63) is 0 Å². The predicted molar refractivity (Wildman–Crippen MR) is 65.7 cm³/mol. The number of urea groups is 1. The molecule has 3 N–H and O–H groups in total. The highest BCUT2D eigenvalue weighted by Gasteiger charge is 2.28. The molecule has 1 aliphatic heterocycles. The Labute approximate surface area is 109 Å². The number of hydrogen-bond donors (Lipinski definition) is 3. The average Bonchev–Trinajstić information content (AvgIpc) is 2.79. The SMILES string of the molecule is CN(C(=O)NC(CC(=O)O)C(=O)O)C1CCSC1. The van der Waals surface area contributed by atoms with Gasteiger partial charge in [0.15, 0.2) is 0 Å². The second kappa shape index (κ2) is 6.48. The van der Waals surface area contributed by atoms with Crippen LogP contribution in [0.1, 0.15) is 12.8 Å². The Hall–Kier alpha value is -1.44. The molecule has 7 nitrogen and oxygen atoms in total. The van der Waals surface area contributed by atoms with Crippen molar-refractivity contribution in [2.45, 2.75) is 24.9 Å². The number of carboxylic acid groups (broad SMARTS) is 2. The molecule has 0 radical (unpaired) electrons. The zero-order valence-corrected chi connectivity index (χ0v) is 10.8. The van der Waals surface area contributed by atoms with E-state index in [-0.39, 0.29) is 6.04 Å². The molecule has 2 unspecified atom stereocenters. The van der Waals surface area contributed by atoms with E-state index in [2.05, 4.69) is 5.32 Å². The molecule has 1 fully saturated rings. The first-order valence-corrected chi connectivity index (χ1v) is 6.63. The summed E-state index contributed by atoms with van der Waals surface area (Å²) < 4.78 is 0. The van der Waals surface area contributed by atoms with Gasteiger partial charge in [0.25, 0.3) is 0 Å². The van der Waals surface area contributed by atoms with Crippen molar-refractivity contribution in [1.29, 1.82) is 0 Å². The highest BCUT2D eigenvalue weighted by Crippen LogP contribution is 2.21. The standard InChI is InChI=1S/C10H16N2O5S/c1-12(6-2-3-18-5-6)10(17)11-7(9(15)16)4-8(13)14/h6-7H,2-5H2,1H3,(H,11,17)(H,13,14)(H,15,16). The predicted octanol–water partition coefficient (Wildman–Crippen LogP) is 0.0612. The molecule has 1 aliphatic rings. The second-order valence-electron chi connectivity index (χ2n) is 4.07. The Morgan fingerprint density at radius 2 is 2.11 bits per heavy atom. The maximum absolute atomic E-state index is 11.8. The van der Waals surface area contributed by atoms with Crippen molar-refractivity contribution in [1.82, 2.24) is 10.2 Å². The van der Waals surface area contributed by atoms with Crippen LogP contribution < -0.4 is 5.32 Å². The fraction of sp³-hybridized carbons (Fsp3) is 0.700. The summed E-state index contributed by atoms with van der Waals surface area (Å²) in [6.45, 7) is 0. The topological polar surface area (TPSA) is 107 Å². The molecule has 0 aromatic heterocycles. The van der Waals surface area contributed by atoms with Gasteiger partial charge in [0.1, 0.15) is 6.04 Å². The lowest BCUT2D eigenvalue weighted by molar-refractivity contribution is -0.145. The van der Waals surface area contributed by atoms with Crippen LogP contribution in [0.25, 0.3) is 0 Å². The highest BCUT2D eigenvalue weighted by atomic mass is 32.2. The molecule has 18 heavy (non-hydrogen) atoms. The van der Waals surface area contributed by atoms with E-state index >= 15 is 0 Å². The second-order valence-corrected chi connectivity index (χ2v) is 5.22. The number of carboxylic acids is 2. The first-order chi connectivity index (χ1) is 8.41. The number of hydrogen-bond acceptors (Lipinski definition) is 4. The number of amides is 2. The monoisotopic (exact) mass is 276 g/mol. The van der Waals surface area contributed by atoms with Crippen LogP contribution in [0.4, 0.5) is 4.79 Å². The Bertz CT molecular complexity index is 343. The molecule has 1 saturated heterocycles. The summed E-state index contributed by atoms with van der Waals surface area (Å²) in [5, 5.41) is 19.6. The summed E-state index contributed by atoms with van der Waals surface area (Å²) >= 11 is 1.73. The van der Waals surface area contributed by atoms with Crippen LogP contribution >= 0.6 is 11.8 Å². The van der Waals surface area contributed by atoms with E-state index in [9.17, 15) is 14.4 Å². The van der Waals surface area contributed by atoms with E-state index in [1.54, 1.807) is 18.8 Å². The smallest absolute Gasteiger partial charge is 0.326 e. The van der Waals surface area contributed by atoms with E-state index in [0.29, 0.717) is 0 Å². The lowest BCUT2D eigenvalue weighted by Crippen LogP contribution is -2.50. The van der Waals surface area contributed by atoms with Gasteiger partial charge in [-0.25, -0.2) is 9.59 Å². The minimum Gasteiger partial charge on any atom is -0.481 e. The Kier molecular flexibility index (Phi) is 5.26. The molecule has 2 amide bonds. The number of carbonyl (C=O) groups is 3. The number of aliphatic carboxylic acids is 2. The van der Waals surface area contributed by atoms with Gasteiger partial charge in [-0.05, 0) is 12.2 Å². The Morgan fingerprint density at radius 3 is 2.56 bits per heavy atom. The molecular weight excluding hydrogens is 260 g/mol. The molecule has 1 rings (SSSR count). The Morgan fingerprint density at radius 1 is 1.44 bits per heavy atom. The van der Waals surface area contributed by atoms with E-state index in [0.717, 1.165) is 17.9 Å². The van der Waals surface area contributed by atoms with E-state index in [1.165, 1.54) is 4.90 Å². The molecule has 0 bridgehead atoms. The van der Waals surface area contributed by atoms with Gasteiger partial charge in [-0.3, -0.25) is 4.79 Å². The number of carbonyl (C=O) groups excluding carboxylic acids is 1. The third-order valence-electron chi connectivity index (χ3n) is 2.75. The Balaban J connectivity index is 2.54. The molecular formula is C10H16N2O5S. The van der Waals surface area contributed by atoms with Crippen LogP contribution in [0.5, 0.6) is 0 Å². The van der Waals surface area contributed by atoms with Crippen LogP contribution in [-0.2, 0) is 9.59 Å². The summed E-state index contributed by atoms with van der Waals surface area (Å²) in [6, 6.07) is -1.86. The third-order valence-corrected chi connectivity index (χ3v) is 3.89.